The van der Waals surface area contributed by atoms with Crippen LogP contribution >= 0.6 is 0 Å². The molecule has 0 spiro atoms. The van der Waals surface area contributed by atoms with Gasteiger partial charge in [-0.25, -0.2) is 9.59 Å². The zero-order valence-corrected chi connectivity index (χ0v) is 24.4. The number of carbonyl (C=O) groups is 3. The first-order valence-electron chi connectivity index (χ1n) is 13.9. The van der Waals surface area contributed by atoms with E-state index in [1.165, 1.54) is 55.6 Å². The monoisotopic (exact) mass is 637 g/mol. The van der Waals surface area contributed by atoms with Crippen LogP contribution < -0.4 is 16.6 Å². The normalized spacial score (nSPS) is 14.0. The lowest BCUT2D eigenvalue weighted by molar-refractivity contribution is -0.212. The van der Waals surface area contributed by atoms with Crippen molar-refractivity contribution in [3.8, 4) is 11.3 Å². The number of aliphatic hydroxyl groups excluding tert-OH is 1. The second kappa shape index (κ2) is 14.2. The van der Waals surface area contributed by atoms with Gasteiger partial charge < -0.3 is 19.9 Å². The molecule has 10 nitrogen and oxygen atoms in total. The van der Waals surface area contributed by atoms with Crippen LogP contribution in [0.4, 0.5) is 13.2 Å². The molecule has 1 aromatic heterocycles. The average Bonchev–Trinajstić information content (AvgIpc) is 3.06. The van der Waals surface area contributed by atoms with E-state index in [4.69, 9.17) is 15.2 Å². The summed E-state index contributed by atoms with van der Waals surface area (Å²) in [5.41, 5.74) is 3.53. The van der Waals surface area contributed by atoms with Crippen LogP contribution in [0.2, 0.25) is 0 Å². The number of nitrogens with two attached hydrogens (primary N) is 1. The molecule has 4 rings (SSSR count). The predicted octanol–water partition coefficient (Wildman–Crippen LogP) is 3.31. The van der Waals surface area contributed by atoms with Crippen LogP contribution in [-0.4, -0.2) is 53.0 Å². The number of hydrogen-bond acceptors (Lipinski definition) is 8. The van der Waals surface area contributed by atoms with Crippen LogP contribution in [0.25, 0.3) is 11.3 Å². The van der Waals surface area contributed by atoms with Gasteiger partial charge in [-0.3, -0.25) is 19.9 Å². The van der Waals surface area contributed by atoms with E-state index in [9.17, 15) is 37.5 Å². The van der Waals surface area contributed by atoms with Crippen LogP contribution in [0.1, 0.15) is 21.5 Å². The fourth-order valence-corrected chi connectivity index (χ4v) is 4.75. The highest BCUT2D eigenvalue weighted by Gasteiger charge is 2.51. The SMILES string of the molecule is COC(=O)c1cccc(COC(=O)C(N)(C(=O)NC(Cc2ccccc2)C(O)C(F)(F)F)n2c(-c3ccccc3)cccc2=O)c1. The van der Waals surface area contributed by atoms with Crippen molar-refractivity contribution < 1.29 is 42.1 Å². The summed E-state index contributed by atoms with van der Waals surface area (Å²) in [4.78, 5) is 53.2. The number of ether oxygens (including phenoxy) is 2. The van der Waals surface area contributed by atoms with E-state index in [0.29, 0.717) is 15.7 Å². The number of esters is 2. The molecular formula is C33H30F3N3O7. The maximum atomic E-state index is 14.0. The summed E-state index contributed by atoms with van der Waals surface area (Å²) < 4.78 is 52.1. The number of carbonyl (C=O) groups excluding carboxylic acids is 3. The first kappa shape index (κ1) is 33.6. The topological polar surface area (TPSA) is 150 Å². The summed E-state index contributed by atoms with van der Waals surface area (Å²) in [6.45, 7) is -0.545. The van der Waals surface area contributed by atoms with E-state index in [2.05, 4.69) is 5.32 Å². The van der Waals surface area contributed by atoms with Gasteiger partial charge in [-0.2, -0.15) is 13.2 Å². The Morgan fingerprint density at radius 2 is 1.50 bits per heavy atom. The van der Waals surface area contributed by atoms with Gasteiger partial charge in [0, 0.05) is 6.07 Å². The Labute approximate surface area is 261 Å². The number of rotatable bonds is 11. The number of pyridine rings is 1. The molecule has 13 heteroatoms. The largest absolute Gasteiger partial charge is 0.465 e. The van der Waals surface area contributed by atoms with Crippen molar-refractivity contribution in [2.45, 2.75) is 37.0 Å². The molecule has 4 aromatic rings. The van der Waals surface area contributed by atoms with Gasteiger partial charge >= 0.3 is 18.1 Å². The first-order chi connectivity index (χ1) is 21.9. The third-order valence-corrected chi connectivity index (χ3v) is 7.08. The van der Waals surface area contributed by atoms with Crippen LogP contribution in [0.5, 0.6) is 0 Å². The Morgan fingerprint density at radius 3 is 2.13 bits per heavy atom. The van der Waals surface area contributed by atoms with Crippen molar-refractivity contribution in [2.24, 2.45) is 5.73 Å². The van der Waals surface area contributed by atoms with Gasteiger partial charge in [-0.1, -0.05) is 78.9 Å². The number of aliphatic hydroxyl groups is 1. The van der Waals surface area contributed by atoms with Gasteiger partial charge in [0.25, 0.3) is 17.1 Å². The third kappa shape index (κ3) is 7.50. The molecule has 0 aliphatic heterocycles. The molecule has 46 heavy (non-hydrogen) atoms. The number of benzene rings is 3. The molecule has 1 heterocycles. The molecule has 0 aliphatic carbocycles. The molecule has 0 aliphatic rings. The van der Waals surface area contributed by atoms with E-state index in [1.54, 1.807) is 48.5 Å². The molecule has 0 fully saturated rings. The van der Waals surface area contributed by atoms with E-state index in [-0.39, 0.29) is 16.8 Å². The maximum absolute atomic E-state index is 14.0. The number of amides is 1. The highest BCUT2D eigenvalue weighted by Crippen LogP contribution is 2.27. The quantitative estimate of drug-likeness (QED) is 0.168. The van der Waals surface area contributed by atoms with Crippen molar-refractivity contribution >= 4 is 17.8 Å². The Bertz CT molecular complexity index is 1750. The number of hydrogen-bond donors (Lipinski definition) is 3. The molecule has 1 amide bonds. The van der Waals surface area contributed by atoms with Crippen LogP contribution in [0.15, 0.2) is 108 Å². The number of nitrogens with one attached hydrogen (secondary N) is 1. The summed E-state index contributed by atoms with van der Waals surface area (Å²) >= 11 is 0. The zero-order valence-electron chi connectivity index (χ0n) is 24.4. The summed E-state index contributed by atoms with van der Waals surface area (Å²) in [6, 6.07) is 23.3. The summed E-state index contributed by atoms with van der Waals surface area (Å²) in [5.74, 6) is -3.72. The van der Waals surface area contributed by atoms with Crippen LogP contribution in [0, 0.1) is 0 Å². The van der Waals surface area contributed by atoms with Gasteiger partial charge in [0.15, 0.2) is 6.10 Å². The van der Waals surface area contributed by atoms with E-state index in [0.717, 1.165) is 6.07 Å². The van der Waals surface area contributed by atoms with Crippen molar-refractivity contribution in [1.29, 1.82) is 0 Å². The van der Waals surface area contributed by atoms with E-state index in [1.807, 2.05) is 0 Å². The highest BCUT2D eigenvalue weighted by molar-refractivity contribution is 6.05. The van der Waals surface area contributed by atoms with Crippen molar-refractivity contribution in [3.05, 3.63) is 130 Å². The second-order valence-electron chi connectivity index (χ2n) is 10.2. The van der Waals surface area contributed by atoms with Gasteiger partial charge in [-0.05, 0) is 41.3 Å². The lowest BCUT2D eigenvalue weighted by Crippen LogP contribution is -2.67. The number of halogens is 3. The standard InChI is InChI=1S/C33H30F3N3O7/c1-45-29(42)24-15-8-12-22(18-24)20-46-31(44)32(37,39-26(16-9-17-27(39)40)23-13-6-3-7-14-23)30(43)38-25(28(41)33(34,35)36)19-21-10-4-2-5-11-21/h2-18,25,28,41H,19-20,37H2,1H3,(H,38,43). The molecule has 0 bridgehead atoms. The molecule has 3 unspecified atom stereocenters. The zero-order chi connectivity index (χ0) is 33.5. The minimum atomic E-state index is -5.17. The van der Waals surface area contributed by atoms with Crippen LogP contribution in [0.3, 0.4) is 0 Å². The van der Waals surface area contributed by atoms with E-state index >= 15 is 0 Å². The van der Waals surface area contributed by atoms with Crippen molar-refractivity contribution in [2.75, 3.05) is 7.11 Å². The Morgan fingerprint density at radius 1 is 0.891 bits per heavy atom. The molecule has 0 saturated carbocycles. The van der Waals surface area contributed by atoms with Crippen molar-refractivity contribution in [3.63, 3.8) is 0 Å². The molecule has 0 saturated heterocycles. The summed E-state index contributed by atoms with van der Waals surface area (Å²) in [6.07, 6.45) is -8.75. The molecule has 0 radical (unpaired) electrons. The second-order valence-corrected chi connectivity index (χ2v) is 10.2. The fourth-order valence-electron chi connectivity index (χ4n) is 4.75. The Hall–Kier alpha value is -5.27. The van der Waals surface area contributed by atoms with Gasteiger partial charge in [0.1, 0.15) is 6.61 Å². The van der Waals surface area contributed by atoms with Crippen molar-refractivity contribution in [1.82, 2.24) is 9.88 Å². The molecule has 4 N–H and O–H groups in total. The minimum Gasteiger partial charge on any atom is -0.465 e. The third-order valence-electron chi connectivity index (χ3n) is 7.08. The number of alkyl halides is 3. The van der Waals surface area contributed by atoms with Crippen LogP contribution in [-0.2, 0) is 37.8 Å². The lowest BCUT2D eigenvalue weighted by atomic mass is 9.99. The lowest BCUT2D eigenvalue weighted by Gasteiger charge is -2.33. The Balaban J connectivity index is 1.80. The summed E-state index contributed by atoms with van der Waals surface area (Å²) in [7, 11) is 1.18. The number of methoxy groups -OCH3 is 1. The maximum Gasteiger partial charge on any atom is 0.416 e. The molecule has 240 valence electrons. The fraction of sp³-hybridized carbons (Fsp3) is 0.212. The predicted molar refractivity (Wildman–Crippen MR) is 160 cm³/mol. The number of nitrogens with zero attached hydrogens (tertiary/aromatic N) is 1. The van der Waals surface area contributed by atoms with Gasteiger partial charge in [0.2, 0.25) is 0 Å². The average molecular weight is 638 g/mol. The highest BCUT2D eigenvalue weighted by atomic mass is 19.4. The molecular weight excluding hydrogens is 607 g/mol. The smallest absolute Gasteiger partial charge is 0.416 e. The first-order valence-corrected chi connectivity index (χ1v) is 13.9. The van der Waals surface area contributed by atoms with Gasteiger partial charge in [-0.15, -0.1) is 0 Å². The molecule has 3 atom stereocenters. The summed E-state index contributed by atoms with van der Waals surface area (Å²) in [5, 5.41) is 12.3. The minimum absolute atomic E-state index is 0.0219. The van der Waals surface area contributed by atoms with Gasteiger partial charge in [0.05, 0.1) is 24.4 Å². The Kier molecular flexibility index (Phi) is 10.4. The van der Waals surface area contributed by atoms with E-state index < -0.39 is 60.4 Å². The number of aromatic nitrogens is 1. The molecule has 3 aromatic carbocycles.